The van der Waals surface area contributed by atoms with Gasteiger partial charge in [-0.1, -0.05) is 51.9 Å². The van der Waals surface area contributed by atoms with Gasteiger partial charge in [-0.25, -0.2) is 0 Å². The summed E-state index contributed by atoms with van der Waals surface area (Å²) in [6.07, 6.45) is 2.84. The van der Waals surface area contributed by atoms with Gasteiger partial charge in [0.25, 0.3) is 0 Å². The van der Waals surface area contributed by atoms with Crippen molar-refractivity contribution in [3.63, 3.8) is 0 Å². The molecule has 0 fully saturated rings. The van der Waals surface area contributed by atoms with Crippen molar-refractivity contribution in [3.05, 3.63) is 10.6 Å². The number of nitrogens with zero attached hydrogens (tertiary/aromatic N) is 2. The number of hydrogen-bond donors (Lipinski definition) is 0. The molecule has 96 valence electrons. The Bertz CT molecular complexity index is 379. The quantitative estimate of drug-likeness (QED) is 0.750. The summed E-state index contributed by atoms with van der Waals surface area (Å²) in [5, 5.41) is 4.11. The fourth-order valence-electron chi connectivity index (χ4n) is 1.87. The third-order valence-corrected chi connectivity index (χ3v) is 3.53. The molecule has 0 spiro atoms. The molecule has 0 N–H and O–H groups in total. The monoisotopic (exact) mass is 254 g/mol. The van der Waals surface area contributed by atoms with Crippen molar-refractivity contribution in [2.24, 2.45) is 5.92 Å². The van der Waals surface area contributed by atoms with Gasteiger partial charge >= 0.3 is 0 Å². The van der Waals surface area contributed by atoms with Crippen LogP contribution in [0.15, 0.2) is 0 Å². The van der Waals surface area contributed by atoms with Gasteiger partial charge in [0.15, 0.2) is 5.78 Å². The van der Waals surface area contributed by atoms with E-state index in [9.17, 15) is 4.79 Å². The van der Waals surface area contributed by atoms with E-state index in [1.807, 2.05) is 0 Å². The van der Waals surface area contributed by atoms with Crippen LogP contribution in [0.5, 0.6) is 0 Å². The molecular formula is C13H22N2OS. The van der Waals surface area contributed by atoms with Crippen LogP contribution in [0.25, 0.3) is 0 Å². The van der Waals surface area contributed by atoms with Gasteiger partial charge in [-0.15, -0.1) is 5.10 Å². The third-order valence-electron chi connectivity index (χ3n) is 2.77. The molecule has 0 radical (unpaired) electrons. The summed E-state index contributed by atoms with van der Waals surface area (Å²) in [5.41, 5.74) is 0.739. The zero-order valence-corrected chi connectivity index (χ0v) is 12.2. The molecule has 1 aromatic rings. The number of aromatic nitrogens is 2. The van der Waals surface area contributed by atoms with E-state index in [0.29, 0.717) is 12.3 Å². The van der Waals surface area contributed by atoms with Crippen LogP contribution < -0.4 is 0 Å². The van der Waals surface area contributed by atoms with Crippen LogP contribution in [-0.4, -0.2) is 15.4 Å². The van der Waals surface area contributed by atoms with Gasteiger partial charge in [0.1, 0.15) is 4.88 Å². The van der Waals surface area contributed by atoms with Crippen LogP contribution >= 0.6 is 11.5 Å². The van der Waals surface area contributed by atoms with E-state index < -0.39 is 0 Å². The summed E-state index contributed by atoms with van der Waals surface area (Å²) in [6.45, 7) is 10.5. The normalized spacial score (nSPS) is 13.7. The average Bonchev–Trinajstić information content (AvgIpc) is 2.65. The predicted molar refractivity (Wildman–Crippen MR) is 71.6 cm³/mol. The van der Waals surface area contributed by atoms with Gasteiger partial charge in [-0.3, -0.25) is 4.79 Å². The first-order valence-corrected chi connectivity index (χ1v) is 6.99. The molecule has 1 unspecified atom stereocenters. The Morgan fingerprint density at radius 3 is 2.59 bits per heavy atom. The summed E-state index contributed by atoms with van der Waals surface area (Å²) >= 11 is 1.23. The fraction of sp³-hybridized carbons (Fsp3) is 0.769. The minimum atomic E-state index is -0.105. The zero-order valence-electron chi connectivity index (χ0n) is 11.4. The van der Waals surface area contributed by atoms with Crippen LogP contribution in [-0.2, 0) is 5.41 Å². The van der Waals surface area contributed by atoms with Crippen LogP contribution in [0.2, 0.25) is 0 Å². The van der Waals surface area contributed by atoms with E-state index in [1.165, 1.54) is 11.5 Å². The van der Waals surface area contributed by atoms with Crippen molar-refractivity contribution >= 4 is 17.3 Å². The lowest BCUT2D eigenvalue weighted by Gasteiger charge is -2.16. The maximum Gasteiger partial charge on any atom is 0.176 e. The molecule has 4 heteroatoms. The van der Waals surface area contributed by atoms with Gasteiger partial charge in [-0.05, 0) is 17.5 Å². The highest BCUT2D eigenvalue weighted by Crippen LogP contribution is 2.27. The molecule has 17 heavy (non-hydrogen) atoms. The summed E-state index contributed by atoms with van der Waals surface area (Å²) in [5.74, 6) is 0.647. The van der Waals surface area contributed by atoms with E-state index in [1.54, 1.807) is 0 Å². The van der Waals surface area contributed by atoms with Gasteiger partial charge in [-0.2, -0.15) is 0 Å². The minimum absolute atomic E-state index is 0.105. The number of Topliss-reactive ketones (excluding diaryl/α,β-unsaturated/α-hetero) is 1. The Kier molecular flexibility index (Phi) is 4.80. The highest BCUT2D eigenvalue weighted by atomic mass is 32.1. The fourth-order valence-corrected chi connectivity index (χ4v) is 2.69. The Labute approximate surface area is 108 Å². The van der Waals surface area contributed by atoms with Gasteiger partial charge in [0.2, 0.25) is 0 Å². The van der Waals surface area contributed by atoms with E-state index >= 15 is 0 Å². The number of hydrogen-bond acceptors (Lipinski definition) is 4. The highest BCUT2D eigenvalue weighted by Gasteiger charge is 2.26. The number of carbonyl (C=O) groups excluding carboxylic acids is 1. The Hall–Kier alpha value is -0.770. The maximum atomic E-state index is 12.2. The zero-order chi connectivity index (χ0) is 13.1. The standard InChI is InChI=1S/C13H22N2OS/c1-6-7-9(2)8-10(16)11-12(13(3,4)5)14-15-17-11/h9H,6-8H2,1-5H3. The van der Waals surface area contributed by atoms with Crippen LogP contribution in [0.1, 0.15) is 69.2 Å². The maximum absolute atomic E-state index is 12.2. The van der Waals surface area contributed by atoms with Gasteiger partial charge in [0.05, 0.1) is 5.69 Å². The van der Waals surface area contributed by atoms with Crippen molar-refractivity contribution in [1.29, 1.82) is 0 Å². The van der Waals surface area contributed by atoms with E-state index in [0.717, 1.165) is 23.4 Å². The lowest BCUT2D eigenvalue weighted by atomic mass is 9.89. The number of carbonyl (C=O) groups is 1. The van der Waals surface area contributed by atoms with Crippen LogP contribution in [0.4, 0.5) is 0 Å². The largest absolute Gasteiger partial charge is 0.293 e. The molecule has 0 bridgehead atoms. The molecular weight excluding hydrogens is 232 g/mol. The molecule has 0 aliphatic carbocycles. The Balaban J connectivity index is 2.80. The average molecular weight is 254 g/mol. The first kappa shape index (κ1) is 14.3. The molecule has 1 aromatic heterocycles. The minimum Gasteiger partial charge on any atom is -0.293 e. The molecule has 3 nitrogen and oxygen atoms in total. The molecule has 1 atom stereocenters. The van der Waals surface area contributed by atoms with E-state index in [-0.39, 0.29) is 11.2 Å². The summed E-state index contributed by atoms with van der Waals surface area (Å²) in [7, 11) is 0. The molecule has 1 rings (SSSR count). The smallest absolute Gasteiger partial charge is 0.176 e. The Morgan fingerprint density at radius 1 is 1.41 bits per heavy atom. The SMILES string of the molecule is CCCC(C)CC(=O)c1snnc1C(C)(C)C. The topological polar surface area (TPSA) is 42.9 Å². The lowest BCUT2D eigenvalue weighted by molar-refractivity contribution is 0.0964. The van der Waals surface area contributed by atoms with Crippen molar-refractivity contribution in [2.45, 2.75) is 59.3 Å². The summed E-state index contributed by atoms with van der Waals surface area (Å²) in [6, 6.07) is 0. The highest BCUT2D eigenvalue weighted by molar-refractivity contribution is 7.08. The predicted octanol–water partition coefficient (Wildman–Crippen LogP) is 3.84. The Morgan fingerprint density at radius 2 is 2.06 bits per heavy atom. The number of ketones is 1. The second-order valence-electron chi connectivity index (χ2n) is 5.72. The summed E-state index contributed by atoms with van der Waals surface area (Å²) < 4.78 is 3.93. The molecule has 0 aromatic carbocycles. The van der Waals surface area contributed by atoms with E-state index in [4.69, 9.17) is 0 Å². The van der Waals surface area contributed by atoms with Crippen LogP contribution in [0.3, 0.4) is 0 Å². The molecule has 0 amide bonds. The second kappa shape index (κ2) is 5.71. The van der Waals surface area contributed by atoms with Crippen LogP contribution in [0, 0.1) is 5.92 Å². The molecule has 0 aliphatic heterocycles. The summed E-state index contributed by atoms with van der Waals surface area (Å²) in [4.78, 5) is 12.9. The number of rotatable bonds is 5. The van der Waals surface area contributed by atoms with Crippen molar-refractivity contribution in [1.82, 2.24) is 9.59 Å². The lowest BCUT2D eigenvalue weighted by Crippen LogP contribution is -2.17. The van der Waals surface area contributed by atoms with Crippen molar-refractivity contribution < 1.29 is 4.79 Å². The van der Waals surface area contributed by atoms with Gasteiger partial charge < -0.3 is 0 Å². The van der Waals surface area contributed by atoms with E-state index in [2.05, 4.69) is 44.2 Å². The van der Waals surface area contributed by atoms with Crippen molar-refractivity contribution in [2.75, 3.05) is 0 Å². The first-order valence-electron chi connectivity index (χ1n) is 6.22. The molecule has 0 saturated carbocycles. The van der Waals surface area contributed by atoms with Gasteiger partial charge in [0, 0.05) is 11.8 Å². The molecule has 0 saturated heterocycles. The molecule has 0 aliphatic rings. The second-order valence-corrected chi connectivity index (χ2v) is 6.48. The first-order chi connectivity index (χ1) is 7.86. The van der Waals surface area contributed by atoms with Crippen molar-refractivity contribution in [3.8, 4) is 0 Å². The molecule has 1 heterocycles. The third kappa shape index (κ3) is 3.87.